The van der Waals surface area contributed by atoms with E-state index in [0.29, 0.717) is 16.3 Å². The Morgan fingerprint density at radius 2 is 2.00 bits per heavy atom. The molecule has 5 nitrogen and oxygen atoms in total. The summed E-state index contributed by atoms with van der Waals surface area (Å²) in [5.41, 5.74) is 6.01. The zero-order valence-corrected chi connectivity index (χ0v) is 10.9. The van der Waals surface area contributed by atoms with Gasteiger partial charge in [-0.25, -0.2) is 0 Å². The first kappa shape index (κ1) is 14.3. The summed E-state index contributed by atoms with van der Waals surface area (Å²) in [4.78, 5) is 21.8. The third-order valence-corrected chi connectivity index (χ3v) is 3.09. The molecule has 18 heavy (non-hydrogen) atoms. The van der Waals surface area contributed by atoms with E-state index in [0.717, 1.165) is 0 Å². The highest BCUT2D eigenvalue weighted by molar-refractivity contribution is 6.33. The maximum absolute atomic E-state index is 10.9. The highest BCUT2D eigenvalue weighted by atomic mass is 35.5. The van der Waals surface area contributed by atoms with Crippen LogP contribution >= 0.6 is 11.6 Å². The van der Waals surface area contributed by atoms with Gasteiger partial charge in [-0.1, -0.05) is 11.6 Å². The number of carboxylic acid groups (broad SMARTS) is 1. The Kier molecular flexibility index (Phi) is 4.55. The zero-order valence-electron chi connectivity index (χ0n) is 10.1. The summed E-state index contributed by atoms with van der Waals surface area (Å²) in [5.74, 6) is -2.01. The van der Waals surface area contributed by atoms with E-state index in [1.54, 1.807) is 19.9 Å². The van der Waals surface area contributed by atoms with Crippen LogP contribution in [0.15, 0.2) is 18.2 Å². The van der Waals surface area contributed by atoms with Crippen LogP contribution in [0.2, 0.25) is 5.02 Å². The van der Waals surface area contributed by atoms with Gasteiger partial charge in [0.25, 0.3) is 0 Å². The second-order valence-corrected chi connectivity index (χ2v) is 4.53. The molecule has 2 atom stereocenters. The van der Waals surface area contributed by atoms with E-state index in [4.69, 9.17) is 22.4 Å². The lowest BCUT2D eigenvalue weighted by Gasteiger charge is -2.20. The van der Waals surface area contributed by atoms with Crippen LogP contribution in [0.25, 0.3) is 0 Å². The maximum atomic E-state index is 10.9. The SMILES string of the molecule is CC(Nc1ccc(C(N)=O)cc1Cl)C(C)C(=O)O. The van der Waals surface area contributed by atoms with Crippen molar-refractivity contribution in [1.29, 1.82) is 0 Å². The van der Waals surface area contributed by atoms with Crippen LogP contribution in [0.4, 0.5) is 5.69 Å². The van der Waals surface area contributed by atoms with Crippen molar-refractivity contribution in [3.05, 3.63) is 28.8 Å². The van der Waals surface area contributed by atoms with Crippen LogP contribution in [-0.4, -0.2) is 23.0 Å². The fourth-order valence-electron chi connectivity index (χ4n) is 1.37. The molecule has 0 saturated carbocycles. The van der Waals surface area contributed by atoms with Gasteiger partial charge in [0.15, 0.2) is 0 Å². The topological polar surface area (TPSA) is 92.4 Å². The van der Waals surface area contributed by atoms with Gasteiger partial charge in [-0.3, -0.25) is 9.59 Å². The Labute approximate surface area is 110 Å². The number of halogens is 1. The lowest BCUT2D eigenvalue weighted by Crippen LogP contribution is -2.29. The molecule has 98 valence electrons. The molecule has 2 unspecified atom stereocenters. The van der Waals surface area contributed by atoms with Gasteiger partial charge < -0.3 is 16.2 Å². The number of nitrogens with one attached hydrogen (secondary N) is 1. The molecule has 1 aromatic rings. The molecule has 0 aromatic heterocycles. The minimum atomic E-state index is -0.889. The Morgan fingerprint density at radius 1 is 1.39 bits per heavy atom. The van der Waals surface area contributed by atoms with Crippen LogP contribution < -0.4 is 11.1 Å². The van der Waals surface area contributed by atoms with Gasteiger partial charge in [0, 0.05) is 11.6 Å². The molecule has 0 radical (unpaired) electrons. The van der Waals surface area contributed by atoms with Gasteiger partial charge in [-0.15, -0.1) is 0 Å². The zero-order chi connectivity index (χ0) is 13.9. The minimum absolute atomic E-state index is 0.292. The summed E-state index contributed by atoms with van der Waals surface area (Å²) in [6.45, 7) is 3.35. The number of carboxylic acids is 1. The second kappa shape index (κ2) is 5.73. The van der Waals surface area contributed by atoms with Crippen molar-refractivity contribution in [2.24, 2.45) is 11.7 Å². The number of aliphatic carboxylic acids is 1. The predicted octanol–water partition coefficient (Wildman–Crippen LogP) is 1.96. The molecule has 0 aliphatic heterocycles. The summed E-state index contributed by atoms with van der Waals surface area (Å²) in [7, 11) is 0. The lowest BCUT2D eigenvalue weighted by atomic mass is 10.0. The third kappa shape index (κ3) is 3.37. The summed E-state index contributed by atoms with van der Waals surface area (Å²) in [5, 5.41) is 12.2. The Morgan fingerprint density at radius 3 is 2.44 bits per heavy atom. The first-order valence-corrected chi connectivity index (χ1v) is 5.79. The van der Waals surface area contributed by atoms with E-state index in [1.165, 1.54) is 12.1 Å². The van der Waals surface area contributed by atoms with Gasteiger partial charge in [0.2, 0.25) is 5.91 Å². The molecule has 4 N–H and O–H groups in total. The van der Waals surface area contributed by atoms with Crippen LogP contribution in [0.5, 0.6) is 0 Å². The molecule has 6 heteroatoms. The van der Waals surface area contributed by atoms with E-state index in [9.17, 15) is 9.59 Å². The number of carbonyl (C=O) groups excluding carboxylic acids is 1. The van der Waals surface area contributed by atoms with Gasteiger partial charge in [0.05, 0.1) is 16.6 Å². The van der Waals surface area contributed by atoms with Crippen LogP contribution in [-0.2, 0) is 4.79 Å². The molecule has 0 spiro atoms. The number of nitrogens with two attached hydrogens (primary N) is 1. The normalized spacial score (nSPS) is 13.7. The number of benzene rings is 1. The average Bonchev–Trinajstić information content (AvgIpc) is 2.30. The highest BCUT2D eigenvalue weighted by Gasteiger charge is 2.19. The van der Waals surface area contributed by atoms with Gasteiger partial charge in [0.1, 0.15) is 0 Å². The highest BCUT2D eigenvalue weighted by Crippen LogP contribution is 2.24. The van der Waals surface area contributed by atoms with E-state index in [2.05, 4.69) is 5.32 Å². The molecular weight excluding hydrogens is 256 g/mol. The van der Waals surface area contributed by atoms with Crippen molar-refractivity contribution < 1.29 is 14.7 Å². The Hall–Kier alpha value is -1.75. The van der Waals surface area contributed by atoms with Crippen molar-refractivity contribution in [2.75, 3.05) is 5.32 Å². The average molecular weight is 271 g/mol. The fourth-order valence-corrected chi connectivity index (χ4v) is 1.60. The molecule has 0 heterocycles. The third-order valence-electron chi connectivity index (χ3n) is 2.78. The van der Waals surface area contributed by atoms with E-state index < -0.39 is 17.8 Å². The number of hydrogen-bond donors (Lipinski definition) is 3. The van der Waals surface area contributed by atoms with Crippen molar-refractivity contribution in [3.63, 3.8) is 0 Å². The maximum Gasteiger partial charge on any atom is 0.308 e. The van der Waals surface area contributed by atoms with E-state index >= 15 is 0 Å². The number of amides is 1. The Bertz CT molecular complexity index is 476. The number of anilines is 1. The van der Waals surface area contributed by atoms with E-state index in [1.807, 2.05) is 0 Å². The van der Waals surface area contributed by atoms with Gasteiger partial charge >= 0.3 is 5.97 Å². The number of hydrogen-bond acceptors (Lipinski definition) is 3. The standard InChI is InChI=1S/C12H15ClN2O3/c1-6(12(17)18)7(2)15-10-4-3-8(11(14)16)5-9(10)13/h3-7,15H,1-2H3,(H2,14,16)(H,17,18). The van der Waals surface area contributed by atoms with Crippen molar-refractivity contribution in [2.45, 2.75) is 19.9 Å². The summed E-state index contributed by atoms with van der Waals surface area (Å²) >= 11 is 5.98. The molecule has 0 aliphatic carbocycles. The van der Waals surface area contributed by atoms with Gasteiger partial charge in [-0.05, 0) is 32.0 Å². The first-order valence-electron chi connectivity index (χ1n) is 5.41. The van der Waals surface area contributed by atoms with E-state index in [-0.39, 0.29) is 6.04 Å². The second-order valence-electron chi connectivity index (χ2n) is 4.12. The number of rotatable bonds is 5. The molecule has 0 bridgehead atoms. The minimum Gasteiger partial charge on any atom is -0.481 e. The number of primary amides is 1. The summed E-state index contributed by atoms with van der Waals surface area (Å²) in [6.07, 6.45) is 0. The van der Waals surface area contributed by atoms with Crippen LogP contribution in [0, 0.1) is 5.92 Å². The van der Waals surface area contributed by atoms with Crippen molar-refractivity contribution in [3.8, 4) is 0 Å². The van der Waals surface area contributed by atoms with Gasteiger partial charge in [-0.2, -0.15) is 0 Å². The molecule has 0 saturated heterocycles. The smallest absolute Gasteiger partial charge is 0.308 e. The number of carbonyl (C=O) groups is 2. The lowest BCUT2D eigenvalue weighted by molar-refractivity contribution is -0.141. The van der Waals surface area contributed by atoms with Crippen molar-refractivity contribution >= 4 is 29.2 Å². The molecule has 1 aromatic carbocycles. The molecule has 0 fully saturated rings. The molecule has 1 rings (SSSR count). The molecular formula is C12H15ClN2O3. The molecule has 1 amide bonds. The Balaban J connectivity index is 2.86. The largest absolute Gasteiger partial charge is 0.481 e. The van der Waals surface area contributed by atoms with Crippen molar-refractivity contribution in [1.82, 2.24) is 0 Å². The first-order chi connectivity index (χ1) is 8.32. The summed E-state index contributed by atoms with van der Waals surface area (Å²) < 4.78 is 0. The monoisotopic (exact) mass is 270 g/mol. The molecule has 0 aliphatic rings. The fraction of sp³-hybridized carbons (Fsp3) is 0.333. The quantitative estimate of drug-likeness (QED) is 0.762. The van der Waals surface area contributed by atoms with Crippen LogP contribution in [0.1, 0.15) is 24.2 Å². The predicted molar refractivity (Wildman–Crippen MR) is 69.9 cm³/mol. The van der Waals surface area contributed by atoms with Crippen LogP contribution in [0.3, 0.4) is 0 Å². The summed E-state index contributed by atoms with van der Waals surface area (Å²) in [6, 6.07) is 4.30.